The third kappa shape index (κ3) is 3.22. The van der Waals surface area contributed by atoms with E-state index in [-0.39, 0.29) is 0 Å². The van der Waals surface area contributed by atoms with Crippen molar-refractivity contribution in [1.29, 1.82) is 0 Å². The van der Waals surface area contributed by atoms with E-state index in [0.29, 0.717) is 0 Å². The SMILES string of the molecule is CNCCNc1ccc(-c2ccncc2)nn1. The molecule has 0 aliphatic carbocycles. The summed E-state index contributed by atoms with van der Waals surface area (Å²) in [6.07, 6.45) is 3.49. The van der Waals surface area contributed by atoms with Gasteiger partial charge in [-0.15, -0.1) is 10.2 Å². The summed E-state index contributed by atoms with van der Waals surface area (Å²) in [7, 11) is 1.92. The van der Waals surface area contributed by atoms with Crippen LogP contribution in [0.15, 0.2) is 36.7 Å². The summed E-state index contributed by atoms with van der Waals surface area (Å²) in [4.78, 5) is 3.97. The summed E-state index contributed by atoms with van der Waals surface area (Å²) in [6.45, 7) is 1.73. The molecule has 0 saturated carbocycles. The van der Waals surface area contributed by atoms with Crippen LogP contribution in [0.4, 0.5) is 5.82 Å². The largest absolute Gasteiger partial charge is 0.367 e. The van der Waals surface area contributed by atoms with E-state index >= 15 is 0 Å². The molecule has 2 N–H and O–H groups in total. The molecule has 0 amide bonds. The van der Waals surface area contributed by atoms with E-state index in [1.54, 1.807) is 12.4 Å². The van der Waals surface area contributed by atoms with E-state index in [0.717, 1.165) is 30.2 Å². The molecule has 0 bridgehead atoms. The number of pyridine rings is 1. The Morgan fingerprint density at radius 2 is 1.82 bits per heavy atom. The van der Waals surface area contributed by atoms with Crippen molar-refractivity contribution in [3.8, 4) is 11.3 Å². The van der Waals surface area contributed by atoms with Gasteiger partial charge in [0.25, 0.3) is 0 Å². The molecule has 0 spiro atoms. The Morgan fingerprint density at radius 1 is 1.00 bits per heavy atom. The van der Waals surface area contributed by atoms with Crippen molar-refractivity contribution < 1.29 is 0 Å². The number of aromatic nitrogens is 3. The lowest BCUT2D eigenvalue weighted by Gasteiger charge is -2.04. The zero-order valence-corrected chi connectivity index (χ0v) is 9.72. The van der Waals surface area contributed by atoms with Gasteiger partial charge < -0.3 is 10.6 Å². The van der Waals surface area contributed by atoms with Crippen LogP contribution in [0.3, 0.4) is 0 Å². The van der Waals surface area contributed by atoms with Gasteiger partial charge in [-0.1, -0.05) is 0 Å². The molecule has 0 aliphatic heterocycles. The second-order valence-electron chi connectivity index (χ2n) is 3.57. The lowest BCUT2D eigenvalue weighted by molar-refractivity contribution is 0.818. The number of likely N-dealkylation sites (N-methyl/N-ethyl adjacent to an activating group) is 1. The van der Waals surface area contributed by atoms with E-state index in [1.807, 2.05) is 31.3 Å². The highest BCUT2D eigenvalue weighted by molar-refractivity contribution is 5.58. The van der Waals surface area contributed by atoms with Gasteiger partial charge in [-0.3, -0.25) is 4.98 Å². The summed E-state index contributed by atoms with van der Waals surface area (Å²) in [6, 6.07) is 7.71. The Hall–Kier alpha value is -2.01. The van der Waals surface area contributed by atoms with Gasteiger partial charge in [-0.05, 0) is 31.3 Å². The van der Waals surface area contributed by atoms with Crippen LogP contribution in [0.25, 0.3) is 11.3 Å². The van der Waals surface area contributed by atoms with Crippen molar-refractivity contribution in [3.63, 3.8) is 0 Å². The molecular weight excluding hydrogens is 214 g/mol. The third-order valence-electron chi connectivity index (χ3n) is 2.32. The average Bonchev–Trinajstić information content (AvgIpc) is 2.41. The number of anilines is 1. The highest BCUT2D eigenvalue weighted by Crippen LogP contribution is 2.15. The van der Waals surface area contributed by atoms with Crippen LogP contribution in [0.1, 0.15) is 0 Å². The maximum atomic E-state index is 4.17. The molecule has 2 aromatic rings. The predicted molar refractivity (Wildman–Crippen MR) is 67.7 cm³/mol. The fourth-order valence-corrected chi connectivity index (χ4v) is 1.42. The minimum Gasteiger partial charge on any atom is -0.367 e. The van der Waals surface area contributed by atoms with Crippen LogP contribution >= 0.6 is 0 Å². The molecule has 0 fully saturated rings. The first-order valence-corrected chi connectivity index (χ1v) is 5.53. The summed E-state index contributed by atoms with van der Waals surface area (Å²) in [5, 5.41) is 14.5. The van der Waals surface area contributed by atoms with Crippen LogP contribution in [-0.2, 0) is 0 Å². The Labute approximate surface area is 100 Å². The van der Waals surface area contributed by atoms with Crippen LogP contribution in [0, 0.1) is 0 Å². The van der Waals surface area contributed by atoms with Crippen molar-refractivity contribution in [3.05, 3.63) is 36.7 Å². The van der Waals surface area contributed by atoms with Crippen molar-refractivity contribution in [1.82, 2.24) is 20.5 Å². The molecule has 0 radical (unpaired) electrons. The first-order chi connectivity index (χ1) is 8.40. The van der Waals surface area contributed by atoms with E-state index < -0.39 is 0 Å². The number of hydrogen-bond acceptors (Lipinski definition) is 5. The Morgan fingerprint density at radius 3 is 2.47 bits per heavy atom. The molecule has 0 aliphatic rings. The van der Waals surface area contributed by atoms with Gasteiger partial charge in [0.05, 0.1) is 5.69 Å². The maximum Gasteiger partial charge on any atom is 0.148 e. The fraction of sp³-hybridized carbons (Fsp3) is 0.250. The monoisotopic (exact) mass is 229 g/mol. The molecule has 17 heavy (non-hydrogen) atoms. The number of nitrogens with one attached hydrogen (secondary N) is 2. The number of rotatable bonds is 5. The lowest BCUT2D eigenvalue weighted by atomic mass is 10.2. The number of nitrogens with zero attached hydrogens (tertiary/aromatic N) is 3. The standard InChI is InChI=1S/C12H15N5/c1-13-8-9-15-12-3-2-11(16-17-12)10-4-6-14-7-5-10/h2-7,13H,8-9H2,1H3,(H,15,17). The van der Waals surface area contributed by atoms with Crippen LogP contribution in [-0.4, -0.2) is 35.3 Å². The summed E-state index contributed by atoms with van der Waals surface area (Å²) < 4.78 is 0. The zero-order valence-electron chi connectivity index (χ0n) is 9.72. The van der Waals surface area contributed by atoms with E-state index in [9.17, 15) is 0 Å². The van der Waals surface area contributed by atoms with Gasteiger partial charge in [-0.25, -0.2) is 0 Å². The molecule has 0 unspecified atom stereocenters. The molecule has 0 saturated heterocycles. The van der Waals surface area contributed by atoms with Crippen molar-refractivity contribution in [2.45, 2.75) is 0 Å². The summed E-state index contributed by atoms with van der Waals surface area (Å²) >= 11 is 0. The van der Waals surface area contributed by atoms with Gasteiger partial charge in [0.15, 0.2) is 0 Å². The van der Waals surface area contributed by atoms with Crippen molar-refractivity contribution in [2.75, 3.05) is 25.5 Å². The molecule has 0 atom stereocenters. The molecule has 88 valence electrons. The highest BCUT2D eigenvalue weighted by Gasteiger charge is 1.99. The fourth-order valence-electron chi connectivity index (χ4n) is 1.42. The smallest absolute Gasteiger partial charge is 0.148 e. The van der Waals surface area contributed by atoms with Crippen LogP contribution < -0.4 is 10.6 Å². The second-order valence-corrected chi connectivity index (χ2v) is 3.57. The molecule has 2 heterocycles. The first-order valence-electron chi connectivity index (χ1n) is 5.53. The summed E-state index contributed by atoms with van der Waals surface area (Å²) in [5.41, 5.74) is 1.88. The Kier molecular flexibility index (Phi) is 3.99. The van der Waals surface area contributed by atoms with E-state index in [1.165, 1.54) is 0 Å². The van der Waals surface area contributed by atoms with E-state index in [2.05, 4.69) is 25.8 Å². The normalized spacial score (nSPS) is 10.2. The van der Waals surface area contributed by atoms with Gasteiger partial charge >= 0.3 is 0 Å². The van der Waals surface area contributed by atoms with Gasteiger partial charge in [0.2, 0.25) is 0 Å². The average molecular weight is 229 g/mol. The van der Waals surface area contributed by atoms with Crippen LogP contribution in [0.2, 0.25) is 0 Å². The number of hydrogen-bond donors (Lipinski definition) is 2. The molecule has 5 nitrogen and oxygen atoms in total. The Balaban J connectivity index is 2.03. The van der Waals surface area contributed by atoms with Gasteiger partial charge in [0.1, 0.15) is 5.82 Å². The molecule has 2 aromatic heterocycles. The van der Waals surface area contributed by atoms with E-state index in [4.69, 9.17) is 0 Å². The second kappa shape index (κ2) is 5.91. The summed E-state index contributed by atoms with van der Waals surface area (Å²) in [5.74, 6) is 0.790. The van der Waals surface area contributed by atoms with Crippen LogP contribution in [0.5, 0.6) is 0 Å². The molecular formula is C12H15N5. The molecule has 0 aromatic carbocycles. The quantitative estimate of drug-likeness (QED) is 0.754. The predicted octanol–water partition coefficient (Wildman–Crippen LogP) is 1.17. The molecule has 2 rings (SSSR count). The van der Waals surface area contributed by atoms with Crippen molar-refractivity contribution >= 4 is 5.82 Å². The maximum absolute atomic E-state index is 4.17. The first kappa shape index (κ1) is 11.5. The third-order valence-corrected chi connectivity index (χ3v) is 2.32. The van der Waals surface area contributed by atoms with Gasteiger partial charge in [0, 0.05) is 31.0 Å². The molecule has 5 heteroatoms. The van der Waals surface area contributed by atoms with Gasteiger partial charge in [-0.2, -0.15) is 0 Å². The van der Waals surface area contributed by atoms with Crippen molar-refractivity contribution in [2.24, 2.45) is 0 Å². The minimum absolute atomic E-state index is 0.790. The lowest BCUT2D eigenvalue weighted by Crippen LogP contribution is -2.18. The zero-order chi connectivity index (χ0) is 11.9. The Bertz CT molecular complexity index is 440. The highest BCUT2D eigenvalue weighted by atomic mass is 15.2. The topological polar surface area (TPSA) is 62.7 Å². The minimum atomic E-state index is 0.790.